The molecule has 0 aliphatic carbocycles. The number of hydrogen-bond acceptors (Lipinski definition) is 1. The number of benzene rings is 2. The Morgan fingerprint density at radius 2 is 1.23 bits per heavy atom. The normalized spacial score (nSPS) is 17.0. The molecule has 26 heavy (non-hydrogen) atoms. The van der Waals surface area contributed by atoms with Gasteiger partial charge in [-0.3, -0.25) is 0 Å². The Labute approximate surface area is 185 Å². The molecule has 0 fully saturated rings. The maximum atomic E-state index is 6.51. The highest BCUT2D eigenvalue weighted by Gasteiger charge is 2.44. The van der Waals surface area contributed by atoms with Gasteiger partial charge in [0, 0.05) is 16.5 Å². The Bertz CT molecular complexity index is 718. The molecule has 0 radical (unpaired) electrons. The van der Waals surface area contributed by atoms with Crippen LogP contribution in [0.5, 0.6) is 11.5 Å². The molecule has 1 heterocycles. The van der Waals surface area contributed by atoms with Crippen molar-refractivity contribution in [2.45, 2.75) is 58.8 Å². The topological polar surface area (TPSA) is 9.23 Å². The highest BCUT2D eigenvalue weighted by Crippen LogP contribution is 2.56. The van der Waals surface area contributed by atoms with Crippen LogP contribution in [0.2, 0.25) is 0 Å². The number of rotatable bonds is 6. The molecule has 3 rings (SSSR count). The van der Waals surface area contributed by atoms with Crippen molar-refractivity contribution in [3.05, 3.63) is 54.7 Å². The average Bonchev–Trinajstić information content (AvgIpc) is 2.63. The van der Waals surface area contributed by atoms with Crippen LogP contribution in [0.25, 0.3) is 0 Å². The molecule has 0 aromatic heterocycles. The quantitative estimate of drug-likeness (QED) is 0.317. The van der Waals surface area contributed by atoms with Crippen molar-refractivity contribution in [3.8, 4) is 11.5 Å². The van der Waals surface area contributed by atoms with Gasteiger partial charge in [-0.15, -0.1) is 0 Å². The highest BCUT2D eigenvalue weighted by molar-refractivity contribution is 14.1. The van der Waals surface area contributed by atoms with Crippen LogP contribution in [-0.2, 0) is 5.41 Å². The molecular weight excluding hydrogens is 546 g/mol. The summed E-state index contributed by atoms with van der Waals surface area (Å²) >= 11 is 4.86. The molecule has 140 valence electrons. The Morgan fingerprint density at radius 1 is 0.808 bits per heavy atom. The van der Waals surface area contributed by atoms with Crippen molar-refractivity contribution >= 4 is 45.2 Å². The van der Waals surface area contributed by atoms with E-state index in [1.807, 2.05) is 0 Å². The van der Waals surface area contributed by atoms with E-state index in [1.165, 1.54) is 44.0 Å². The molecule has 0 amide bonds. The van der Waals surface area contributed by atoms with E-state index in [9.17, 15) is 0 Å². The van der Waals surface area contributed by atoms with Crippen molar-refractivity contribution in [2.75, 3.05) is 0 Å². The van der Waals surface area contributed by atoms with Crippen molar-refractivity contribution in [2.24, 2.45) is 11.8 Å². The zero-order valence-corrected chi connectivity index (χ0v) is 20.4. The fourth-order valence-electron chi connectivity index (χ4n) is 4.23. The van der Waals surface area contributed by atoms with Gasteiger partial charge in [-0.25, -0.2) is 0 Å². The van der Waals surface area contributed by atoms with Gasteiger partial charge in [0.1, 0.15) is 11.5 Å². The first-order chi connectivity index (χ1) is 12.4. The lowest BCUT2D eigenvalue weighted by molar-refractivity contribution is 0.274. The summed E-state index contributed by atoms with van der Waals surface area (Å²) in [5.74, 6) is 3.51. The van der Waals surface area contributed by atoms with Crippen LogP contribution >= 0.6 is 45.2 Å². The maximum absolute atomic E-state index is 6.51. The van der Waals surface area contributed by atoms with E-state index < -0.39 is 0 Å². The number of para-hydroxylation sites is 2. The van der Waals surface area contributed by atoms with E-state index in [1.54, 1.807) is 0 Å². The molecule has 3 heteroatoms. The minimum atomic E-state index is 0.0378. The molecule has 1 nitrogen and oxygen atoms in total. The number of halogens is 2. The molecular formula is C23H28I2O. The lowest BCUT2D eigenvalue weighted by atomic mass is 9.63. The fourth-order valence-corrected chi connectivity index (χ4v) is 5.44. The first kappa shape index (κ1) is 20.4. The number of hydrogen-bond donors (Lipinski definition) is 0. The second kappa shape index (κ2) is 8.38. The minimum absolute atomic E-state index is 0.0378. The van der Waals surface area contributed by atoms with E-state index in [2.05, 4.69) is 109 Å². The van der Waals surface area contributed by atoms with E-state index in [-0.39, 0.29) is 5.41 Å². The average molecular weight is 574 g/mol. The Kier molecular flexibility index (Phi) is 6.58. The summed E-state index contributed by atoms with van der Waals surface area (Å²) in [6.07, 6.45) is 4.78. The molecule has 0 spiro atoms. The molecule has 0 saturated carbocycles. The van der Waals surface area contributed by atoms with Gasteiger partial charge >= 0.3 is 0 Å². The zero-order chi connectivity index (χ0) is 18.9. The van der Waals surface area contributed by atoms with Gasteiger partial charge in [-0.1, -0.05) is 64.8 Å². The third-order valence-electron chi connectivity index (χ3n) is 5.96. The predicted octanol–water partition coefficient (Wildman–Crippen LogP) is 8.16. The van der Waals surface area contributed by atoms with Gasteiger partial charge in [0.15, 0.2) is 0 Å². The molecule has 1 aliphatic rings. The first-order valence-corrected chi connectivity index (χ1v) is 11.8. The first-order valence-electron chi connectivity index (χ1n) is 9.68. The highest BCUT2D eigenvalue weighted by atomic mass is 127. The fraction of sp³-hybridized carbons (Fsp3) is 0.478. The summed E-state index contributed by atoms with van der Waals surface area (Å²) in [4.78, 5) is 0. The summed E-state index contributed by atoms with van der Waals surface area (Å²) in [6, 6.07) is 13.3. The van der Waals surface area contributed by atoms with Crippen LogP contribution in [0.15, 0.2) is 36.4 Å². The predicted molar refractivity (Wildman–Crippen MR) is 127 cm³/mol. The van der Waals surface area contributed by atoms with Gasteiger partial charge < -0.3 is 4.74 Å². The van der Waals surface area contributed by atoms with Crippen LogP contribution < -0.4 is 4.74 Å². The summed E-state index contributed by atoms with van der Waals surface area (Å²) in [7, 11) is 0. The Morgan fingerprint density at radius 3 is 1.62 bits per heavy atom. The monoisotopic (exact) mass is 574 g/mol. The van der Waals surface area contributed by atoms with E-state index in [0.29, 0.717) is 11.8 Å². The van der Waals surface area contributed by atoms with Crippen LogP contribution in [0, 0.1) is 19.0 Å². The molecule has 2 atom stereocenters. The van der Waals surface area contributed by atoms with Gasteiger partial charge in [-0.05, 0) is 82.0 Å². The standard InChI is InChI=1S/C23H28I2O/c1-5-15(3)13-23(14-16(4)6-2)17-9-7-11-19(24)21(17)26-22-18(23)10-8-12-20(22)25/h7-12,15-16H,5-6,13-14H2,1-4H3/t15-,16-/m0/s1. The second-order valence-electron chi connectivity index (χ2n) is 7.85. The van der Waals surface area contributed by atoms with Crippen molar-refractivity contribution in [3.63, 3.8) is 0 Å². The third-order valence-corrected chi connectivity index (χ3v) is 7.66. The molecule has 2 aromatic carbocycles. The van der Waals surface area contributed by atoms with Crippen LogP contribution in [-0.4, -0.2) is 0 Å². The third kappa shape index (κ3) is 3.67. The second-order valence-corrected chi connectivity index (χ2v) is 10.2. The van der Waals surface area contributed by atoms with Crippen molar-refractivity contribution in [1.29, 1.82) is 0 Å². The number of fused-ring (bicyclic) bond motifs is 2. The summed E-state index contributed by atoms with van der Waals surface area (Å²) in [5.41, 5.74) is 2.81. The lowest BCUT2D eigenvalue weighted by Crippen LogP contribution is -2.35. The number of ether oxygens (including phenoxy) is 1. The van der Waals surface area contributed by atoms with Crippen molar-refractivity contribution < 1.29 is 4.74 Å². The van der Waals surface area contributed by atoms with Crippen LogP contribution in [0.3, 0.4) is 0 Å². The molecule has 0 unspecified atom stereocenters. The van der Waals surface area contributed by atoms with Crippen LogP contribution in [0.4, 0.5) is 0 Å². The van der Waals surface area contributed by atoms with Gasteiger partial charge in [0.25, 0.3) is 0 Å². The van der Waals surface area contributed by atoms with E-state index in [4.69, 9.17) is 4.74 Å². The largest absolute Gasteiger partial charge is 0.454 e. The lowest BCUT2D eigenvalue weighted by Gasteiger charge is -2.44. The molecule has 0 N–H and O–H groups in total. The Hall–Kier alpha value is -0.300. The zero-order valence-electron chi connectivity index (χ0n) is 16.1. The van der Waals surface area contributed by atoms with E-state index >= 15 is 0 Å². The Balaban J connectivity index is 2.30. The SMILES string of the molecule is CC[C@H](C)CC1(C[C@@H](C)CC)c2cccc(I)c2Oc2c(I)cccc21. The smallest absolute Gasteiger partial charge is 0.144 e. The van der Waals surface area contributed by atoms with Gasteiger partial charge in [-0.2, -0.15) is 0 Å². The maximum Gasteiger partial charge on any atom is 0.144 e. The van der Waals surface area contributed by atoms with Crippen molar-refractivity contribution in [1.82, 2.24) is 0 Å². The van der Waals surface area contributed by atoms with E-state index in [0.717, 1.165) is 11.5 Å². The van der Waals surface area contributed by atoms with Crippen LogP contribution in [0.1, 0.15) is 64.5 Å². The summed E-state index contributed by atoms with van der Waals surface area (Å²) in [5, 5.41) is 0. The molecule has 0 bridgehead atoms. The summed E-state index contributed by atoms with van der Waals surface area (Å²) in [6.45, 7) is 9.42. The van der Waals surface area contributed by atoms with Gasteiger partial charge in [0.2, 0.25) is 0 Å². The minimum Gasteiger partial charge on any atom is -0.454 e. The molecule has 1 aliphatic heterocycles. The molecule has 2 aromatic rings. The van der Waals surface area contributed by atoms with Gasteiger partial charge in [0.05, 0.1) is 7.14 Å². The molecule has 0 saturated heterocycles. The summed E-state index contributed by atoms with van der Waals surface area (Å²) < 4.78 is 8.93.